The zero-order valence-corrected chi connectivity index (χ0v) is 10.4. The highest BCUT2D eigenvalue weighted by Gasteiger charge is 2.10. The molecule has 0 fully saturated rings. The Morgan fingerprint density at radius 3 is 2.39 bits per heavy atom. The second kappa shape index (κ2) is 6.01. The molecule has 0 saturated carbocycles. The van der Waals surface area contributed by atoms with Gasteiger partial charge in [0.1, 0.15) is 5.75 Å². The normalized spacial score (nSPS) is 10.1. The molecule has 0 N–H and O–H groups in total. The van der Waals surface area contributed by atoms with Gasteiger partial charge in [0.25, 0.3) is 0 Å². The Morgan fingerprint density at radius 1 is 1.00 bits per heavy atom. The second-order valence-electron chi connectivity index (χ2n) is 4.04. The standard InChI is InChI=1S/C16H16O2/c1-2-13-8-6-7-11-15(13)16(17)12-18-14-9-4-3-5-10-14/h3-11H,2,12H2,1H3. The molecular formula is C16H16O2. The molecule has 0 aromatic heterocycles. The third-order valence-electron chi connectivity index (χ3n) is 2.81. The van der Waals surface area contributed by atoms with Crippen molar-refractivity contribution in [2.45, 2.75) is 13.3 Å². The first-order chi connectivity index (χ1) is 8.81. The van der Waals surface area contributed by atoms with E-state index in [4.69, 9.17) is 4.74 Å². The van der Waals surface area contributed by atoms with Gasteiger partial charge in [-0.05, 0) is 24.1 Å². The molecule has 2 rings (SSSR count). The maximum atomic E-state index is 12.1. The first-order valence-corrected chi connectivity index (χ1v) is 6.10. The first-order valence-electron chi connectivity index (χ1n) is 6.10. The molecule has 0 unspecified atom stereocenters. The van der Waals surface area contributed by atoms with Gasteiger partial charge in [-0.1, -0.05) is 49.4 Å². The summed E-state index contributed by atoms with van der Waals surface area (Å²) in [5.74, 6) is 0.746. The van der Waals surface area contributed by atoms with Crippen molar-refractivity contribution in [3.05, 3.63) is 65.7 Å². The number of carbonyl (C=O) groups is 1. The van der Waals surface area contributed by atoms with Crippen LogP contribution >= 0.6 is 0 Å². The van der Waals surface area contributed by atoms with Gasteiger partial charge in [-0.25, -0.2) is 0 Å². The maximum absolute atomic E-state index is 12.1. The molecule has 0 spiro atoms. The molecule has 0 saturated heterocycles. The van der Waals surface area contributed by atoms with Crippen LogP contribution in [0.25, 0.3) is 0 Å². The minimum absolute atomic E-state index is 0.0244. The third-order valence-corrected chi connectivity index (χ3v) is 2.81. The van der Waals surface area contributed by atoms with Gasteiger partial charge in [-0.3, -0.25) is 4.79 Å². The molecule has 92 valence electrons. The van der Waals surface area contributed by atoms with Gasteiger partial charge in [0.15, 0.2) is 12.4 Å². The number of para-hydroxylation sites is 1. The van der Waals surface area contributed by atoms with Gasteiger partial charge in [-0.15, -0.1) is 0 Å². The number of hydrogen-bond acceptors (Lipinski definition) is 2. The summed E-state index contributed by atoms with van der Waals surface area (Å²) >= 11 is 0. The van der Waals surface area contributed by atoms with Crippen molar-refractivity contribution < 1.29 is 9.53 Å². The van der Waals surface area contributed by atoms with Crippen molar-refractivity contribution in [3.8, 4) is 5.75 Å². The predicted molar refractivity (Wildman–Crippen MR) is 72.1 cm³/mol. The van der Waals surface area contributed by atoms with Crippen LogP contribution in [0, 0.1) is 0 Å². The zero-order valence-electron chi connectivity index (χ0n) is 10.4. The molecule has 0 aliphatic rings. The Labute approximate surface area is 107 Å². The zero-order chi connectivity index (χ0) is 12.8. The molecule has 0 aliphatic carbocycles. The Hall–Kier alpha value is -2.09. The Kier molecular flexibility index (Phi) is 4.13. The molecule has 2 aromatic carbocycles. The summed E-state index contributed by atoms with van der Waals surface area (Å²) in [7, 11) is 0. The summed E-state index contributed by atoms with van der Waals surface area (Å²) in [6.07, 6.45) is 0.854. The highest BCUT2D eigenvalue weighted by molar-refractivity contribution is 5.98. The Bertz CT molecular complexity index is 518. The molecule has 18 heavy (non-hydrogen) atoms. The van der Waals surface area contributed by atoms with Crippen LogP contribution in [0.15, 0.2) is 54.6 Å². The number of aryl methyl sites for hydroxylation is 1. The van der Waals surface area contributed by atoms with E-state index in [0.29, 0.717) is 0 Å². The minimum atomic E-state index is 0.0244. The van der Waals surface area contributed by atoms with Gasteiger partial charge in [0, 0.05) is 5.56 Å². The van der Waals surface area contributed by atoms with Gasteiger partial charge >= 0.3 is 0 Å². The van der Waals surface area contributed by atoms with Gasteiger partial charge in [0.2, 0.25) is 0 Å². The molecular weight excluding hydrogens is 224 g/mol. The molecule has 2 aromatic rings. The summed E-state index contributed by atoms with van der Waals surface area (Å²) in [6.45, 7) is 2.13. The van der Waals surface area contributed by atoms with Crippen molar-refractivity contribution in [3.63, 3.8) is 0 Å². The summed E-state index contributed by atoms with van der Waals surface area (Å²) in [5, 5.41) is 0. The van der Waals surface area contributed by atoms with E-state index in [1.54, 1.807) is 0 Å². The third kappa shape index (κ3) is 2.98. The van der Waals surface area contributed by atoms with Crippen molar-refractivity contribution in [2.75, 3.05) is 6.61 Å². The van der Waals surface area contributed by atoms with Crippen LogP contribution in [-0.2, 0) is 6.42 Å². The van der Waals surface area contributed by atoms with Crippen LogP contribution in [-0.4, -0.2) is 12.4 Å². The summed E-state index contributed by atoms with van der Waals surface area (Å²) in [5.41, 5.74) is 1.83. The highest BCUT2D eigenvalue weighted by Crippen LogP contribution is 2.12. The first kappa shape index (κ1) is 12.4. The number of rotatable bonds is 5. The SMILES string of the molecule is CCc1ccccc1C(=O)COc1ccccc1. The van der Waals surface area contributed by atoms with Crippen LogP contribution in [0.1, 0.15) is 22.8 Å². The van der Waals surface area contributed by atoms with Crippen LogP contribution in [0.5, 0.6) is 5.75 Å². The average molecular weight is 240 g/mol. The quantitative estimate of drug-likeness (QED) is 0.747. The molecule has 0 aliphatic heterocycles. The van der Waals surface area contributed by atoms with Crippen LogP contribution in [0.2, 0.25) is 0 Å². The van der Waals surface area contributed by atoms with Crippen LogP contribution in [0.3, 0.4) is 0 Å². The van der Waals surface area contributed by atoms with Gasteiger partial charge < -0.3 is 4.74 Å². The molecule has 0 bridgehead atoms. The predicted octanol–water partition coefficient (Wildman–Crippen LogP) is 3.51. The van der Waals surface area contributed by atoms with Crippen LogP contribution < -0.4 is 4.74 Å². The number of benzene rings is 2. The lowest BCUT2D eigenvalue weighted by Crippen LogP contribution is -2.13. The van der Waals surface area contributed by atoms with E-state index < -0.39 is 0 Å². The molecule has 0 atom stereocenters. The number of Topliss-reactive ketones (excluding diaryl/α,β-unsaturated/α-hetero) is 1. The van der Waals surface area contributed by atoms with Crippen molar-refractivity contribution in [2.24, 2.45) is 0 Å². The van der Waals surface area contributed by atoms with E-state index in [2.05, 4.69) is 0 Å². The summed E-state index contributed by atoms with van der Waals surface area (Å²) in [6, 6.07) is 17.1. The van der Waals surface area contributed by atoms with E-state index in [0.717, 1.165) is 23.3 Å². The Balaban J connectivity index is 2.04. The maximum Gasteiger partial charge on any atom is 0.200 e. The highest BCUT2D eigenvalue weighted by atomic mass is 16.5. The lowest BCUT2D eigenvalue weighted by Gasteiger charge is -2.08. The van der Waals surface area contributed by atoms with E-state index in [-0.39, 0.29) is 12.4 Å². The minimum Gasteiger partial charge on any atom is -0.485 e. The number of ether oxygens (including phenoxy) is 1. The second-order valence-corrected chi connectivity index (χ2v) is 4.04. The Morgan fingerprint density at radius 2 is 1.67 bits per heavy atom. The number of ketones is 1. The molecule has 0 amide bonds. The van der Waals surface area contributed by atoms with Gasteiger partial charge in [-0.2, -0.15) is 0 Å². The fourth-order valence-corrected chi connectivity index (χ4v) is 1.84. The van der Waals surface area contributed by atoms with Crippen molar-refractivity contribution in [1.29, 1.82) is 0 Å². The fraction of sp³-hybridized carbons (Fsp3) is 0.188. The average Bonchev–Trinajstić information content (AvgIpc) is 2.45. The lowest BCUT2D eigenvalue weighted by molar-refractivity contribution is 0.0920. The fourth-order valence-electron chi connectivity index (χ4n) is 1.84. The van der Waals surface area contributed by atoms with E-state index in [9.17, 15) is 4.79 Å². The van der Waals surface area contributed by atoms with E-state index in [1.165, 1.54) is 0 Å². The smallest absolute Gasteiger partial charge is 0.200 e. The molecule has 2 heteroatoms. The monoisotopic (exact) mass is 240 g/mol. The van der Waals surface area contributed by atoms with Crippen LogP contribution in [0.4, 0.5) is 0 Å². The summed E-state index contributed by atoms with van der Waals surface area (Å²) < 4.78 is 5.47. The van der Waals surface area contributed by atoms with Crippen molar-refractivity contribution >= 4 is 5.78 Å². The summed E-state index contributed by atoms with van der Waals surface area (Å²) in [4.78, 5) is 12.1. The topological polar surface area (TPSA) is 26.3 Å². The van der Waals surface area contributed by atoms with E-state index in [1.807, 2.05) is 61.5 Å². The number of hydrogen-bond donors (Lipinski definition) is 0. The largest absolute Gasteiger partial charge is 0.485 e. The molecule has 0 radical (unpaired) electrons. The van der Waals surface area contributed by atoms with E-state index >= 15 is 0 Å². The van der Waals surface area contributed by atoms with Gasteiger partial charge in [0.05, 0.1) is 0 Å². The lowest BCUT2D eigenvalue weighted by atomic mass is 10.0. The van der Waals surface area contributed by atoms with Crippen molar-refractivity contribution in [1.82, 2.24) is 0 Å². The number of carbonyl (C=O) groups excluding carboxylic acids is 1. The molecule has 0 heterocycles. The molecule has 2 nitrogen and oxygen atoms in total.